The molecule has 0 unspecified atom stereocenters. The quantitative estimate of drug-likeness (QED) is 0.393. The first-order chi connectivity index (χ1) is 15.5. The zero-order chi connectivity index (χ0) is 22.5. The highest BCUT2D eigenvalue weighted by Gasteiger charge is 2.13. The molecule has 0 aliphatic carbocycles. The maximum Gasteiger partial charge on any atom is 0.233 e. The molecule has 0 saturated heterocycles. The second kappa shape index (κ2) is 9.17. The van der Waals surface area contributed by atoms with Crippen molar-refractivity contribution >= 4 is 46.2 Å². The molecular weight excluding hydrogens is 416 g/mol. The molecule has 0 spiro atoms. The van der Waals surface area contributed by atoms with Gasteiger partial charge in [-0.3, -0.25) is 19.7 Å². The van der Waals surface area contributed by atoms with Crippen molar-refractivity contribution in [1.29, 1.82) is 0 Å². The number of anilines is 2. The molecule has 9 heteroatoms. The van der Waals surface area contributed by atoms with Crippen LogP contribution in [0, 0.1) is 11.6 Å². The van der Waals surface area contributed by atoms with Gasteiger partial charge in [-0.2, -0.15) is 5.10 Å². The minimum Gasteiger partial charge on any atom is -0.326 e. The van der Waals surface area contributed by atoms with E-state index in [1.807, 2.05) is 30.4 Å². The van der Waals surface area contributed by atoms with Crippen molar-refractivity contribution in [3.63, 3.8) is 0 Å². The number of halogens is 2. The summed E-state index contributed by atoms with van der Waals surface area (Å²) < 4.78 is 26.8. The molecule has 2 amide bonds. The van der Waals surface area contributed by atoms with Crippen LogP contribution in [0.5, 0.6) is 0 Å². The smallest absolute Gasteiger partial charge is 0.233 e. The van der Waals surface area contributed by atoms with Crippen LogP contribution in [0.25, 0.3) is 23.1 Å². The summed E-state index contributed by atoms with van der Waals surface area (Å²) in [5.74, 6) is -2.86. The van der Waals surface area contributed by atoms with E-state index in [1.54, 1.807) is 24.4 Å². The highest BCUT2D eigenvalue weighted by molar-refractivity contribution is 6.08. The number of carbonyl (C=O) groups is 2. The Balaban J connectivity index is 1.39. The third-order valence-corrected chi connectivity index (χ3v) is 4.50. The zero-order valence-corrected chi connectivity index (χ0v) is 16.6. The maximum atomic E-state index is 13.6. The van der Waals surface area contributed by atoms with E-state index in [1.165, 1.54) is 0 Å². The summed E-state index contributed by atoms with van der Waals surface area (Å²) in [5.41, 5.74) is 2.32. The Kier molecular flexibility index (Phi) is 5.98. The molecule has 4 rings (SSSR count). The van der Waals surface area contributed by atoms with Crippen molar-refractivity contribution < 1.29 is 18.4 Å². The van der Waals surface area contributed by atoms with Crippen LogP contribution in [0.3, 0.4) is 0 Å². The fourth-order valence-corrected chi connectivity index (χ4v) is 3.02. The van der Waals surface area contributed by atoms with Gasteiger partial charge in [-0.25, -0.2) is 8.78 Å². The van der Waals surface area contributed by atoms with Gasteiger partial charge in [0.1, 0.15) is 18.1 Å². The zero-order valence-electron chi connectivity index (χ0n) is 16.6. The molecule has 160 valence electrons. The number of fused-ring (bicyclic) bond motifs is 1. The molecule has 0 aliphatic rings. The van der Waals surface area contributed by atoms with Gasteiger partial charge in [0.2, 0.25) is 11.8 Å². The molecule has 0 fully saturated rings. The highest BCUT2D eigenvalue weighted by Crippen LogP contribution is 2.22. The lowest BCUT2D eigenvalue weighted by Gasteiger charge is -2.08. The van der Waals surface area contributed by atoms with Crippen LogP contribution in [0.2, 0.25) is 0 Å². The molecule has 0 aliphatic heterocycles. The molecule has 4 aromatic rings. The third-order valence-electron chi connectivity index (χ3n) is 4.50. The van der Waals surface area contributed by atoms with Gasteiger partial charge in [-0.05, 0) is 54.6 Å². The van der Waals surface area contributed by atoms with Crippen LogP contribution >= 0.6 is 0 Å². The fraction of sp³-hybridized carbons (Fsp3) is 0.0435. The van der Waals surface area contributed by atoms with E-state index in [0.29, 0.717) is 16.9 Å². The average molecular weight is 433 g/mol. The summed E-state index contributed by atoms with van der Waals surface area (Å²) in [6, 6.07) is 13.4. The van der Waals surface area contributed by atoms with Gasteiger partial charge < -0.3 is 10.6 Å². The molecule has 0 atom stereocenters. The number of hydrogen-bond donors (Lipinski definition) is 3. The first-order valence-electron chi connectivity index (χ1n) is 9.60. The van der Waals surface area contributed by atoms with E-state index in [2.05, 4.69) is 25.8 Å². The van der Waals surface area contributed by atoms with Crippen LogP contribution < -0.4 is 10.6 Å². The van der Waals surface area contributed by atoms with Gasteiger partial charge >= 0.3 is 0 Å². The van der Waals surface area contributed by atoms with Gasteiger partial charge in [0.05, 0.1) is 22.6 Å². The van der Waals surface area contributed by atoms with Gasteiger partial charge in [-0.15, -0.1) is 0 Å². The molecule has 2 aromatic carbocycles. The lowest BCUT2D eigenvalue weighted by Crippen LogP contribution is -2.21. The summed E-state index contributed by atoms with van der Waals surface area (Å²) in [5, 5.41) is 12.8. The number of H-pyrrole nitrogens is 1. The molecule has 0 bridgehead atoms. The summed E-state index contributed by atoms with van der Waals surface area (Å²) in [7, 11) is 0. The Bertz CT molecular complexity index is 1320. The van der Waals surface area contributed by atoms with Crippen molar-refractivity contribution in [3.05, 3.63) is 83.8 Å². The van der Waals surface area contributed by atoms with E-state index in [-0.39, 0.29) is 5.69 Å². The Morgan fingerprint density at radius 1 is 0.969 bits per heavy atom. The van der Waals surface area contributed by atoms with Crippen molar-refractivity contribution in [3.8, 4) is 0 Å². The van der Waals surface area contributed by atoms with E-state index < -0.39 is 29.9 Å². The number of hydrogen-bond acceptors (Lipinski definition) is 4. The number of pyridine rings is 1. The Morgan fingerprint density at radius 3 is 2.62 bits per heavy atom. The minimum absolute atomic E-state index is 0.326. The highest BCUT2D eigenvalue weighted by atomic mass is 19.1. The van der Waals surface area contributed by atoms with Gasteiger partial charge in [0.15, 0.2) is 0 Å². The van der Waals surface area contributed by atoms with Crippen molar-refractivity contribution in [2.45, 2.75) is 6.42 Å². The number of benzene rings is 2. The van der Waals surface area contributed by atoms with E-state index in [4.69, 9.17) is 0 Å². The number of amides is 2. The van der Waals surface area contributed by atoms with Crippen LogP contribution in [0.15, 0.2) is 60.8 Å². The van der Waals surface area contributed by atoms with Crippen molar-refractivity contribution in [2.75, 3.05) is 10.6 Å². The molecule has 3 N–H and O–H groups in total. The van der Waals surface area contributed by atoms with E-state index in [9.17, 15) is 18.4 Å². The second-order valence-electron chi connectivity index (χ2n) is 6.85. The largest absolute Gasteiger partial charge is 0.326 e. The van der Waals surface area contributed by atoms with Crippen LogP contribution in [0.4, 0.5) is 20.2 Å². The van der Waals surface area contributed by atoms with Gasteiger partial charge in [0, 0.05) is 23.3 Å². The topological polar surface area (TPSA) is 99.8 Å². The number of nitrogens with one attached hydrogen (secondary N) is 3. The van der Waals surface area contributed by atoms with Crippen molar-refractivity contribution in [2.24, 2.45) is 0 Å². The lowest BCUT2D eigenvalue weighted by atomic mass is 10.1. The average Bonchev–Trinajstić information content (AvgIpc) is 3.17. The van der Waals surface area contributed by atoms with Gasteiger partial charge in [0.25, 0.3) is 0 Å². The minimum atomic E-state index is -0.794. The number of aromatic amines is 1. The summed E-state index contributed by atoms with van der Waals surface area (Å²) in [4.78, 5) is 28.4. The molecule has 7 nitrogen and oxygen atoms in total. The maximum absolute atomic E-state index is 13.6. The second-order valence-corrected chi connectivity index (χ2v) is 6.85. The van der Waals surface area contributed by atoms with E-state index >= 15 is 0 Å². The predicted molar refractivity (Wildman–Crippen MR) is 117 cm³/mol. The summed E-state index contributed by atoms with van der Waals surface area (Å²) in [6.45, 7) is 0. The van der Waals surface area contributed by atoms with Crippen LogP contribution in [-0.2, 0) is 9.59 Å². The van der Waals surface area contributed by atoms with Gasteiger partial charge in [-0.1, -0.05) is 6.07 Å². The molecule has 0 saturated carbocycles. The molecule has 2 heterocycles. The molecular formula is C23H17F2N5O2. The SMILES string of the molecule is O=C(CC(=O)Nc1cc(F)ccc1F)Nc1ccc2c(/C=C/c3ccccn3)n[nH]c2c1. The van der Waals surface area contributed by atoms with E-state index in [0.717, 1.165) is 29.3 Å². The Hall–Kier alpha value is -4.40. The van der Waals surface area contributed by atoms with Crippen molar-refractivity contribution in [1.82, 2.24) is 15.2 Å². The first kappa shape index (κ1) is 20.9. The van der Waals surface area contributed by atoms with Crippen LogP contribution in [0.1, 0.15) is 17.8 Å². The fourth-order valence-electron chi connectivity index (χ4n) is 3.02. The normalized spacial score (nSPS) is 11.1. The third kappa shape index (κ3) is 5.01. The summed E-state index contributed by atoms with van der Waals surface area (Å²) in [6.07, 6.45) is 4.81. The summed E-state index contributed by atoms with van der Waals surface area (Å²) >= 11 is 0. The van der Waals surface area contributed by atoms with Crippen LogP contribution in [-0.4, -0.2) is 27.0 Å². The Morgan fingerprint density at radius 2 is 1.81 bits per heavy atom. The molecule has 2 aromatic heterocycles. The number of aromatic nitrogens is 3. The predicted octanol–water partition coefficient (Wildman–Crippen LogP) is 4.37. The number of rotatable bonds is 6. The molecule has 32 heavy (non-hydrogen) atoms. The number of carbonyl (C=O) groups excluding carboxylic acids is 2. The lowest BCUT2D eigenvalue weighted by molar-refractivity contribution is -0.123. The Labute approximate surface area is 181 Å². The first-order valence-corrected chi connectivity index (χ1v) is 9.60. The monoisotopic (exact) mass is 433 g/mol. The standard InChI is InChI=1S/C23H17F2N5O2/c24-14-4-8-18(25)21(11-14)28-23(32)13-22(31)27-16-5-7-17-19(29-30-20(17)12-16)9-6-15-3-1-2-10-26-15/h1-12H,13H2,(H,27,31)(H,28,32)(H,29,30)/b9-6+. The number of nitrogens with zero attached hydrogens (tertiary/aromatic N) is 2. The molecule has 0 radical (unpaired) electrons.